The van der Waals surface area contributed by atoms with Gasteiger partial charge in [0.1, 0.15) is 6.04 Å². The molecule has 1 saturated heterocycles. The average Bonchev–Trinajstić information content (AvgIpc) is 2.90. The molecule has 3 atom stereocenters. The fourth-order valence-corrected chi connectivity index (χ4v) is 3.01. The molecule has 1 unspecified atom stereocenters. The third-order valence-electron chi connectivity index (χ3n) is 4.07. The van der Waals surface area contributed by atoms with Crippen molar-refractivity contribution < 1.29 is 9.59 Å². The molecule has 0 aromatic heterocycles. The highest BCUT2D eigenvalue weighted by molar-refractivity contribution is 5.86. The molecule has 1 heterocycles. The van der Waals surface area contributed by atoms with Gasteiger partial charge >= 0.3 is 0 Å². The Morgan fingerprint density at radius 1 is 1.32 bits per heavy atom. The highest BCUT2D eigenvalue weighted by Crippen LogP contribution is 2.32. The van der Waals surface area contributed by atoms with Crippen LogP contribution >= 0.6 is 12.4 Å². The van der Waals surface area contributed by atoms with Gasteiger partial charge in [-0.15, -0.1) is 12.4 Å². The Morgan fingerprint density at radius 3 is 2.50 bits per heavy atom. The van der Waals surface area contributed by atoms with Gasteiger partial charge in [0.15, 0.2) is 0 Å². The van der Waals surface area contributed by atoms with Gasteiger partial charge in [0.25, 0.3) is 0 Å². The Balaban J connectivity index is 0.00000242. The Morgan fingerprint density at radius 2 is 1.95 bits per heavy atom. The third kappa shape index (κ3) is 4.21. The molecule has 1 aliphatic heterocycles. The van der Waals surface area contributed by atoms with E-state index in [1.165, 1.54) is 12.5 Å². The summed E-state index contributed by atoms with van der Waals surface area (Å²) in [6.07, 6.45) is 0. The molecular weight excluding hydrogens is 302 g/mol. The average molecular weight is 326 g/mol. The van der Waals surface area contributed by atoms with Crippen LogP contribution in [0, 0.1) is 5.92 Å². The monoisotopic (exact) mass is 325 g/mol. The van der Waals surface area contributed by atoms with E-state index in [1.54, 1.807) is 6.92 Å². The van der Waals surface area contributed by atoms with Crippen molar-refractivity contribution >= 4 is 24.2 Å². The van der Waals surface area contributed by atoms with Crippen molar-refractivity contribution in [2.75, 3.05) is 19.6 Å². The first-order valence-corrected chi connectivity index (χ1v) is 7.33. The summed E-state index contributed by atoms with van der Waals surface area (Å²) < 4.78 is 0. The first-order valence-electron chi connectivity index (χ1n) is 7.33. The standard InChI is InChI=1S/C16H23N3O2.ClH/c1-11(18-12(2)20)16(21)19-9-14(8-17)15(10-19)13-6-4-3-5-7-13;/h3-7,11,14-15H,8-10,17H2,1-2H3,(H,18,20);1H/t11?,14-,15+;/m1./s1. The van der Waals surface area contributed by atoms with Crippen molar-refractivity contribution in [3.63, 3.8) is 0 Å². The van der Waals surface area contributed by atoms with Gasteiger partial charge in [0.2, 0.25) is 11.8 Å². The lowest BCUT2D eigenvalue weighted by atomic mass is 9.89. The van der Waals surface area contributed by atoms with Gasteiger partial charge in [-0.2, -0.15) is 0 Å². The van der Waals surface area contributed by atoms with Gasteiger partial charge in [-0.05, 0) is 24.9 Å². The largest absolute Gasteiger partial charge is 0.345 e. The van der Waals surface area contributed by atoms with E-state index in [4.69, 9.17) is 5.73 Å². The van der Waals surface area contributed by atoms with Gasteiger partial charge in [-0.3, -0.25) is 9.59 Å². The zero-order valence-corrected chi connectivity index (χ0v) is 13.8. The van der Waals surface area contributed by atoms with E-state index < -0.39 is 6.04 Å². The number of rotatable bonds is 4. The van der Waals surface area contributed by atoms with Crippen LogP contribution in [-0.4, -0.2) is 42.4 Å². The van der Waals surface area contributed by atoms with Crippen LogP contribution in [0.1, 0.15) is 25.3 Å². The molecule has 122 valence electrons. The molecule has 0 spiro atoms. The van der Waals surface area contributed by atoms with E-state index in [2.05, 4.69) is 17.4 Å². The first kappa shape index (κ1) is 18.5. The van der Waals surface area contributed by atoms with Crippen molar-refractivity contribution in [3.05, 3.63) is 35.9 Å². The number of hydrogen-bond donors (Lipinski definition) is 2. The number of nitrogens with one attached hydrogen (secondary N) is 1. The number of nitrogens with two attached hydrogens (primary N) is 1. The molecule has 1 fully saturated rings. The van der Waals surface area contributed by atoms with Gasteiger partial charge < -0.3 is 16.0 Å². The molecule has 22 heavy (non-hydrogen) atoms. The second-order valence-electron chi connectivity index (χ2n) is 5.68. The van der Waals surface area contributed by atoms with E-state index in [0.29, 0.717) is 19.6 Å². The topological polar surface area (TPSA) is 75.4 Å². The van der Waals surface area contributed by atoms with Gasteiger partial charge in [-0.1, -0.05) is 30.3 Å². The van der Waals surface area contributed by atoms with Crippen LogP contribution in [0.2, 0.25) is 0 Å². The van der Waals surface area contributed by atoms with Gasteiger partial charge in [0.05, 0.1) is 0 Å². The fourth-order valence-electron chi connectivity index (χ4n) is 3.01. The molecule has 2 amide bonds. The lowest BCUT2D eigenvalue weighted by Crippen LogP contribution is -2.45. The van der Waals surface area contributed by atoms with Crippen molar-refractivity contribution in [1.29, 1.82) is 0 Å². The number of likely N-dealkylation sites (tertiary alicyclic amines) is 1. The number of nitrogens with zero attached hydrogens (tertiary/aromatic N) is 1. The minimum absolute atomic E-state index is 0. The van der Waals surface area contributed by atoms with Crippen molar-refractivity contribution in [2.45, 2.75) is 25.8 Å². The summed E-state index contributed by atoms with van der Waals surface area (Å²) in [6.45, 7) is 5.01. The maximum Gasteiger partial charge on any atom is 0.244 e. The number of carbonyl (C=O) groups excluding carboxylic acids is 2. The molecule has 5 nitrogen and oxygen atoms in total. The molecule has 1 aliphatic rings. The van der Waals surface area contributed by atoms with Crippen molar-refractivity contribution in [2.24, 2.45) is 11.7 Å². The highest BCUT2D eigenvalue weighted by Gasteiger charge is 2.36. The Hall–Kier alpha value is -1.59. The number of halogens is 1. The molecule has 0 radical (unpaired) electrons. The summed E-state index contributed by atoms with van der Waals surface area (Å²) in [7, 11) is 0. The number of hydrogen-bond acceptors (Lipinski definition) is 3. The van der Waals surface area contributed by atoms with E-state index >= 15 is 0 Å². The molecule has 2 rings (SSSR count). The summed E-state index contributed by atoms with van der Waals surface area (Å²) in [5, 5.41) is 2.65. The molecule has 1 aromatic rings. The fraction of sp³-hybridized carbons (Fsp3) is 0.500. The number of carbonyl (C=O) groups is 2. The smallest absolute Gasteiger partial charge is 0.244 e. The van der Waals surface area contributed by atoms with E-state index in [9.17, 15) is 9.59 Å². The normalized spacial score (nSPS) is 21.9. The zero-order chi connectivity index (χ0) is 15.4. The molecule has 0 aliphatic carbocycles. The quantitative estimate of drug-likeness (QED) is 0.871. The van der Waals surface area contributed by atoms with Crippen LogP contribution < -0.4 is 11.1 Å². The Labute approximate surface area is 137 Å². The second kappa shape index (κ2) is 8.15. The predicted octanol–water partition coefficient (Wildman–Crippen LogP) is 1.13. The van der Waals surface area contributed by atoms with Gasteiger partial charge in [-0.25, -0.2) is 0 Å². The van der Waals surface area contributed by atoms with E-state index in [-0.39, 0.29) is 36.1 Å². The molecule has 6 heteroatoms. The molecule has 3 N–H and O–H groups in total. The van der Waals surface area contributed by atoms with E-state index in [1.807, 2.05) is 23.1 Å². The lowest BCUT2D eigenvalue weighted by Gasteiger charge is -2.21. The maximum absolute atomic E-state index is 12.4. The lowest BCUT2D eigenvalue weighted by molar-refractivity contribution is -0.134. The summed E-state index contributed by atoms with van der Waals surface area (Å²) in [4.78, 5) is 25.3. The van der Waals surface area contributed by atoms with Crippen LogP contribution in [0.25, 0.3) is 0 Å². The molecule has 1 aromatic carbocycles. The second-order valence-corrected chi connectivity index (χ2v) is 5.68. The predicted molar refractivity (Wildman–Crippen MR) is 88.8 cm³/mol. The highest BCUT2D eigenvalue weighted by atomic mass is 35.5. The van der Waals surface area contributed by atoms with Crippen LogP contribution in [-0.2, 0) is 9.59 Å². The molecular formula is C16H24ClN3O2. The zero-order valence-electron chi connectivity index (χ0n) is 13.0. The minimum atomic E-state index is -0.490. The molecule has 0 bridgehead atoms. The third-order valence-corrected chi connectivity index (χ3v) is 4.07. The minimum Gasteiger partial charge on any atom is -0.345 e. The maximum atomic E-state index is 12.4. The van der Waals surface area contributed by atoms with Gasteiger partial charge in [0, 0.05) is 25.9 Å². The summed E-state index contributed by atoms with van der Waals surface area (Å²) >= 11 is 0. The summed E-state index contributed by atoms with van der Waals surface area (Å²) in [5.74, 6) is 0.303. The van der Waals surface area contributed by atoms with Crippen LogP contribution in [0.5, 0.6) is 0 Å². The summed E-state index contributed by atoms with van der Waals surface area (Å²) in [5.41, 5.74) is 7.09. The Kier molecular flexibility index (Phi) is 6.84. The van der Waals surface area contributed by atoms with Crippen LogP contribution in [0.4, 0.5) is 0 Å². The van der Waals surface area contributed by atoms with E-state index in [0.717, 1.165) is 0 Å². The van der Waals surface area contributed by atoms with Crippen LogP contribution in [0.15, 0.2) is 30.3 Å². The number of amides is 2. The van der Waals surface area contributed by atoms with Crippen molar-refractivity contribution in [1.82, 2.24) is 10.2 Å². The van der Waals surface area contributed by atoms with Crippen molar-refractivity contribution in [3.8, 4) is 0 Å². The first-order chi connectivity index (χ1) is 10.0. The molecule has 0 saturated carbocycles. The Bertz CT molecular complexity index is 509. The summed E-state index contributed by atoms with van der Waals surface area (Å²) in [6, 6.07) is 9.67. The number of benzene rings is 1. The van der Waals surface area contributed by atoms with Crippen LogP contribution in [0.3, 0.4) is 0 Å². The SMILES string of the molecule is CC(=O)NC(C)C(=O)N1C[C@@H](CN)[C@H](c2ccccc2)C1.Cl.